The van der Waals surface area contributed by atoms with Crippen LogP contribution in [0.2, 0.25) is 0 Å². The van der Waals surface area contributed by atoms with E-state index in [1.54, 1.807) is 13.4 Å². The number of rotatable bonds is 6. The van der Waals surface area contributed by atoms with Gasteiger partial charge in [-0.1, -0.05) is 24.3 Å². The molecule has 27 heavy (non-hydrogen) atoms. The maximum atomic E-state index is 11.5. The summed E-state index contributed by atoms with van der Waals surface area (Å²) in [6, 6.07) is 8.52. The van der Waals surface area contributed by atoms with Crippen molar-refractivity contribution in [2.45, 2.75) is 43.5 Å². The molecule has 1 aromatic carbocycles. The molecule has 0 amide bonds. The van der Waals surface area contributed by atoms with Gasteiger partial charge in [0.1, 0.15) is 12.2 Å². The molecule has 7 nitrogen and oxygen atoms in total. The van der Waals surface area contributed by atoms with Crippen molar-refractivity contribution in [1.82, 2.24) is 25.0 Å². The zero-order chi connectivity index (χ0) is 18.9. The molecule has 146 valence electrons. The first-order chi connectivity index (χ1) is 13.2. The van der Waals surface area contributed by atoms with Crippen LogP contribution >= 0.6 is 0 Å². The van der Waals surface area contributed by atoms with Crippen molar-refractivity contribution in [2.24, 2.45) is 0 Å². The predicted molar refractivity (Wildman–Crippen MR) is 102 cm³/mol. The van der Waals surface area contributed by atoms with E-state index in [2.05, 4.69) is 51.7 Å². The Morgan fingerprint density at radius 1 is 1.33 bits per heavy atom. The Morgan fingerprint density at radius 3 is 2.89 bits per heavy atom. The third-order valence-electron chi connectivity index (χ3n) is 6.27. The average molecular weight is 371 g/mol. The van der Waals surface area contributed by atoms with E-state index in [1.807, 2.05) is 4.57 Å². The monoisotopic (exact) mass is 371 g/mol. The van der Waals surface area contributed by atoms with Gasteiger partial charge in [0, 0.05) is 19.1 Å². The van der Waals surface area contributed by atoms with Crippen LogP contribution in [0.5, 0.6) is 0 Å². The quantitative estimate of drug-likeness (QED) is 0.792. The Morgan fingerprint density at radius 2 is 2.11 bits per heavy atom. The fourth-order valence-electron chi connectivity index (χ4n) is 4.86. The van der Waals surface area contributed by atoms with Gasteiger partial charge in [0.15, 0.2) is 0 Å². The molecule has 2 aliphatic rings. The fourth-order valence-corrected chi connectivity index (χ4v) is 4.86. The standard InChI is InChI=1S/C20H29N5O2/c1-24(13-17-23-22-14-25(17)11-12-27-2)18-15-5-3-4-6-16(15)20(19(18)26)7-9-21-10-8-20/h3-6,14,18-19,21,26H,7-13H2,1-2H3/t18-,19+/m1/s1. The van der Waals surface area contributed by atoms with E-state index in [0.717, 1.165) is 38.3 Å². The third-order valence-corrected chi connectivity index (χ3v) is 6.27. The number of nitrogens with zero attached hydrogens (tertiary/aromatic N) is 4. The molecule has 1 fully saturated rings. The number of methoxy groups -OCH3 is 1. The Hall–Kier alpha value is -1.80. The summed E-state index contributed by atoms with van der Waals surface area (Å²) in [5.74, 6) is 0.894. The molecule has 1 aliphatic heterocycles. The van der Waals surface area contributed by atoms with Crippen LogP contribution in [0.25, 0.3) is 0 Å². The van der Waals surface area contributed by atoms with Crippen LogP contribution in [0.4, 0.5) is 0 Å². The number of hydrogen-bond acceptors (Lipinski definition) is 6. The number of likely N-dealkylation sites (N-methyl/N-ethyl adjacent to an activating group) is 1. The molecule has 2 aromatic rings. The summed E-state index contributed by atoms with van der Waals surface area (Å²) in [6.07, 6.45) is 3.27. The van der Waals surface area contributed by atoms with Gasteiger partial charge < -0.3 is 19.7 Å². The summed E-state index contributed by atoms with van der Waals surface area (Å²) in [6.45, 7) is 3.89. The first-order valence-corrected chi connectivity index (χ1v) is 9.71. The van der Waals surface area contributed by atoms with Crippen molar-refractivity contribution >= 4 is 0 Å². The van der Waals surface area contributed by atoms with Crippen LogP contribution in [-0.4, -0.2) is 64.7 Å². The molecule has 1 spiro atoms. The van der Waals surface area contributed by atoms with E-state index in [0.29, 0.717) is 13.2 Å². The third kappa shape index (κ3) is 3.18. The minimum atomic E-state index is -0.419. The molecule has 1 aliphatic carbocycles. The van der Waals surface area contributed by atoms with E-state index in [4.69, 9.17) is 4.74 Å². The Labute approximate surface area is 160 Å². The molecule has 1 saturated heterocycles. The molecular weight excluding hydrogens is 342 g/mol. The molecule has 7 heteroatoms. The highest BCUT2D eigenvalue weighted by Gasteiger charge is 2.52. The van der Waals surface area contributed by atoms with Crippen LogP contribution in [0, 0.1) is 0 Å². The molecule has 1 aromatic heterocycles. The van der Waals surface area contributed by atoms with Gasteiger partial charge in [-0.3, -0.25) is 4.90 Å². The maximum absolute atomic E-state index is 11.5. The molecule has 0 unspecified atom stereocenters. The molecular formula is C20H29N5O2. The molecule has 0 saturated carbocycles. The highest BCUT2D eigenvalue weighted by atomic mass is 16.5. The van der Waals surface area contributed by atoms with Gasteiger partial charge in [0.25, 0.3) is 0 Å². The van der Waals surface area contributed by atoms with Crippen molar-refractivity contribution in [3.8, 4) is 0 Å². The minimum Gasteiger partial charge on any atom is -0.390 e. The number of aromatic nitrogens is 3. The number of piperidine rings is 1. The van der Waals surface area contributed by atoms with Crippen molar-refractivity contribution in [2.75, 3.05) is 33.9 Å². The zero-order valence-corrected chi connectivity index (χ0v) is 16.1. The fraction of sp³-hybridized carbons (Fsp3) is 0.600. The van der Waals surface area contributed by atoms with Gasteiger partial charge in [-0.15, -0.1) is 10.2 Å². The molecule has 2 heterocycles. The second kappa shape index (κ2) is 7.67. The second-order valence-electron chi connectivity index (χ2n) is 7.73. The Bertz CT molecular complexity index is 771. The van der Waals surface area contributed by atoms with Gasteiger partial charge in [-0.05, 0) is 44.1 Å². The van der Waals surface area contributed by atoms with Crippen LogP contribution in [0.15, 0.2) is 30.6 Å². The van der Waals surface area contributed by atoms with Crippen LogP contribution in [0.3, 0.4) is 0 Å². The number of benzene rings is 1. The second-order valence-corrected chi connectivity index (χ2v) is 7.73. The summed E-state index contributed by atoms with van der Waals surface area (Å²) < 4.78 is 7.20. The molecule has 2 N–H and O–H groups in total. The first kappa shape index (κ1) is 18.6. The largest absolute Gasteiger partial charge is 0.390 e. The molecule has 4 rings (SSSR count). The zero-order valence-electron chi connectivity index (χ0n) is 16.1. The minimum absolute atomic E-state index is 0.0353. The number of nitrogens with one attached hydrogen (secondary N) is 1. The van der Waals surface area contributed by atoms with E-state index < -0.39 is 6.10 Å². The van der Waals surface area contributed by atoms with Crippen LogP contribution in [0.1, 0.15) is 35.8 Å². The van der Waals surface area contributed by atoms with Crippen molar-refractivity contribution < 1.29 is 9.84 Å². The van der Waals surface area contributed by atoms with Gasteiger partial charge >= 0.3 is 0 Å². The summed E-state index contributed by atoms with van der Waals surface area (Å²) >= 11 is 0. The number of aliphatic hydroxyl groups excluding tert-OH is 1. The van der Waals surface area contributed by atoms with Crippen molar-refractivity contribution in [3.63, 3.8) is 0 Å². The average Bonchev–Trinajstić information content (AvgIpc) is 3.22. The van der Waals surface area contributed by atoms with E-state index in [1.165, 1.54) is 11.1 Å². The van der Waals surface area contributed by atoms with Gasteiger partial charge in [-0.2, -0.15) is 0 Å². The maximum Gasteiger partial charge on any atom is 0.147 e. The molecule has 2 atom stereocenters. The van der Waals surface area contributed by atoms with E-state index in [9.17, 15) is 5.11 Å². The summed E-state index contributed by atoms with van der Waals surface area (Å²) in [4.78, 5) is 2.22. The lowest BCUT2D eigenvalue weighted by Gasteiger charge is -2.40. The lowest BCUT2D eigenvalue weighted by atomic mass is 9.72. The van der Waals surface area contributed by atoms with Crippen molar-refractivity contribution in [3.05, 3.63) is 47.5 Å². The number of aliphatic hydroxyl groups is 1. The molecule has 0 radical (unpaired) electrons. The topological polar surface area (TPSA) is 75.4 Å². The summed E-state index contributed by atoms with van der Waals surface area (Å²) in [5, 5.41) is 23.3. The lowest BCUT2D eigenvalue weighted by Crippen LogP contribution is -2.48. The summed E-state index contributed by atoms with van der Waals surface area (Å²) in [5.41, 5.74) is 2.42. The van der Waals surface area contributed by atoms with E-state index in [-0.39, 0.29) is 11.5 Å². The van der Waals surface area contributed by atoms with Crippen LogP contribution < -0.4 is 5.32 Å². The normalized spacial score (nSPS) is 23.9. The highest BCUT2D eigenvalue weighted by Crippen LogP contribution is 2.51. The number of ether oxygens (including phenoxy) is 1. The van der Waals surface area contributed by atoms with Gasteiger partial charge in [0.2, 0.25) is 0 Å². The molecule has 0 bridgehead atoms. The highest BCUT2D eigenvalue weighted by molar-refractivity contribution is 5.45. The van der Waals surface area contributed by atoms with E-state index >= 15 is 0 Å². The lowest BCUT2D eigenvalue weighted by molar-refractivity contribution is 0.00314. The Balaban J connectivity index is 1.61. The predicted octanol–water partition coefficient (Wildman–Crippen LogP) is 1.09. The summed E-state index contributed by atoms with van der Waals surface area (Å²) in [7, 11) is 3.76. The number of hydrogen-bond donors (Lipinski definition) is 2. The van der Waals surface area contributed by atoms with Gasteiger partial charge in [-0.25, -0.2) is 0 Å². The first-order valence-electron chi connectivity index (χ1n) is 9.71. The SMILES string of the molecule is COCCn1cnnc1CN(C)[C@@H]1c2ccccc2C2(CCNCC2)[C@H]1O. The smallest absolute Gasteiger partial charge is 0.147 e. The van der Waals surface area contributed by atoms with Crippen LogP contribution in [-0.2, 0) is 23.2 Å². The van der Waals surface area contributed by atoms with Gasteiger partial charge in [0.05, 0.1) is 25.3 Å². The Kier molecular flexibility index (Phi) is 5.27. The van der Waals surface area contributed by atoms with Crippen molar-refractivity contribution in [1.29, 1.82) is 0 Å². The number of fused-ring (bicyclic) bond motifs is 2.